The topological polar surface area (TPSA) is 97.8 Å². The molecule has 1 rings (SSSR count). The number of ether oxygens (including phenoxy) is 2. The van der Waals surface area contributed by atoms with Gasteiger partial charge in [0, 0.05) is 32.6 Å². The van der Waals surface area contributed by atoms with Gasteiger partial charge in [-0.3, -0.25) is 4.79 Å². The highest BCUT2D eigenvalue weighted by molar-refractivity contribution is 7.09. The van der Waals surface area contributed by atoms with Crippen LogP contribution < -0.4 is 5.32 Å². The lowest BCUT2D eigenvalue weighted by Crippen LogP contribution is -2.41. The summed E-state index contributed by atoms with van der Waals surface area (Å²) in [6.45, 7) is 0.577. The van der Waals surface area contributed by atoms with Crippen LogP contribution in [0.3, 0.4) is 0 Å². The zero-order chi connectivity index (χ0) is 14.3. The van der Waals surface area contributed by atoms with Crippen LogP contribution in [0.25, 0.3) is 0 Å². The number of carbonyl (C=O) groups is 2. The summed E-state index contributed by atoms with van der Waals surface area (Å²) in [5, 5.41) is 13.6. The molecule has 8 heteroatoms. The van der Waals surface area contributed by atoms with Crippen molar-refractivity contribution in [3.05, 3.63) is 16.1 Å². The van der Waals surface area contributed by atoms with E-state index in [0.717, 1.165) is 0 Å². The second-order valence-corrected chi connectivity index (χ2v) is 4.65. The largest absolute Gasteiger partial charge is 0.480 e. The molecule has 7 nitrogen and oxygen atoms in total. The average molecular weight is 288 g/mol. The fourth-order valence-electron chi connectivity index (χ4n) is 1.33. The number of aliphatic carboxylic acids is 1. The van der Waals surface area contributed by atoms with Gasteiger partial charge in [0.1, 0.15) is 16.7 Å². The van der Waals surface area contributed by atoms with Crippen molar-refractivity contribution in [2.75, 3.05) is 20.8 Å². The third-order valence-electron chi connectivity index (χ3n) is 2.27. The first kappa shape index (κ1) is 15.5. The molecule has 0 saturated carbocycles. The van der Waals surface area contributed by atoms with Gasteiger partial charge >= 0.3 is 5.97 Å². The monoisotopic (exact) mass is 288 g/mol. The van der Waals surface area contributed by atoms with Gasteiger partial charge in [-0.25, -0.2) is 9.78 Å². The summed E-state index contributed by atoms with van der Waals surface area (Å²) in [5.41, 5.74) is 0.195. The zero-order valence-corrected chi connectivity index (χ0v) is 11.5. The highest BCUT2D eigenvalue weighted by Crippen LogP contribution is 2.11. The van der Waals surface area contributed by atoms with E-state index in [9.17, 15) is 9.59 Å². The predicted octanol–water partition coefficient (Wildman–Crippen LogP) is 0.509. The number of carbonyl (C=O) groups excluding carboxylic acids is 1. The van der Waals surface area contributed by atoms with Gasteiger partial charge in [0.15, 0.2) is 0 Å². The lowest BCUT2D eigenvalue weighted by Gasteiger charge is -2.12. The van der Waals surface area contributed by atoms with Crippen molar-refractivity contribution in [1.82, 2.24) is 10.3 Å². The summed E-state index contributed by atoms with van der Waals surface area (Å²) < 4.78 is 9.70. The van der Waals surface area contributed by atoms with Gasteiger partial charge in [-0.05, 0) is 0 Å². The van der Waals surface area contributed by atoms with E-state index in [4.69, 9.17) is 14.6 Å². The Morgan fingerprint density at radius 2 is 2.21 bits per heavy atom. The Bertz CT molecular complexity index is 434. The van der Waals surface area contributed by atoms with Crippen LogP contribution in [0.4, 0.5) is 0 Å². The molecule has 0 radical (unpaired) electrons. The molecule has 0 aliphatic heterocycles. The normalized spacial score (nSPS) is 12.1. The summed E-state index contributed by atoms with van der Waals surface area (Å²) in [5.74, 6) is -1.61. The van der Waals surface area contributed by atoms with E-state index in [-0.39, 0.29) is 18.7 Å². The molecule has 0 fully saturated rings. The molecule has 1 aromatic heterocycles. The summed E-state index contributed by atoms with van der Waals surface area (Å²) in [4.78, 5) is 26.9. The van der Waals surface area contributed by atoms with Crippen molar-refractivity contribution in [2.24, 2.45) is 0 Å². The molecule has 0 aromatic carbocycles. The van der Waals surface area contributed by atoms with E-state index in [0.29, 0.717) is 11.6 Å². The Hall–Kier alpha value is -1.51. The Morgan fingerprint density at radius 3 is 2.79 bits per heavy atom. The Balaban J connectivity index is 2.62. The van der Waals surface area contributed by atoms with E-state index < -0.39 is 17.9 Å². The minimum Gasteiger partial charge on any atom is -0.480 e. The van der Waals surface area contributed by atoms with Crippen molar-refractivity contribution < 1.29 is 24.2 Å². The molecule has 1 heterocycles. The number of carboxylic acids is 1. The molecule has 106 valence electrons. The molecular formula is C11H16N2O5S. The molecule has 1 amide bonds. The second-order valence-electron chi connectivity index (χ2n) is 3.71. The van der Waals surface area contributed by atoms with Crippen molar-refractivity contribution >= 4 is 23.2 Å². The van der Waals surface area contributed by atoms with E-state index in [2.05, 4.69) is 10.3 Å². The molecule has 1 unspecified atom stereocenters. The van der Waals surface area contributed by atoms with Crippen molar-refractivity contribution in [1.29, 1.82) is 0 Å². The molecular weight excluding hydrogens is 272 g/mol. The molecule has 0 aliphatic carbocycles. The number of hydrogen-bond donors (Lipinski definition) is 2. The van der Waals surface area contributed by atoms with E-state index in [1.165, 1.54) is 25.6 Å². The van der Waals surface area contributed by atoms with Crippen LogP contribution in [0.1, 0.15) is 21.9 Å². The van der Waals surface area contributed by atoms with Gasteiger partial charge in [-0.1, -0.05) is 0 Å². The lowest BCUT2D eigenvalue weighted by molar-refractivity contribution is -0.139. The second kappa shape index (κ2) is 7.82. The highest BCUT2D eigenvalue weighted by atomic mass is 32.1. The first-order valence-electron chi connectivity index (χ1n) is 5.54. The SMILES string of the molecule is COCCC(NC(=O)c1csc(COC)n1)C(=O)O. The number of nitrogens with zero attached hydrogens (tertiary/aromatic N) is 1. The highest BCUT2D eigenvalue weighted by Gasteiger charge is 2.21. The zero-order valence-electron chi connectivity index (χ0n) is 10.7. The number of nitrogens with one attached hydrogen (secondary N) is 1. The van der Waals surface area contributed by atoms with Crippen LogP contribution in [0.5, 0.6) is 0 Å². The lowest BCUT2D eigenvalue weighted by atomic mass is 10.2. The molecule has 0 saturated heterocycles. The summed E-state index contributed by atoms with van der Waals surface area (Å²) in [7, 11) is 3.00. The van der Waals surface area contributed by atoms with Gasteiger partial charge in [-0.15, -0.1) is 11.3 Å². The van der Waals surface area contributed by atoms with Gasteiger partial charge in [0.05, 0.1) is 6.61 Å². The van der Waals surface area contributed by atoms with Crippen LogP contribution in [-0.2, 0) is 20.9 Å². The number of methoxy groups -OCH3 is 2. The molecule has 19 heavy (non-hydrogen) atoms. The molecule has 2 N–H and O–H groups in total. The smallest absolute Gasteiger partial charge is 0.326 e. The number of thiazole rings is 1. The average Bonchev–Trinajstić information content (AvgIpc) is 2.83. The molecule has 1 atom stereocenters. The van der Waals surface area contributed by atoms with Crippen LogP contribution in [0.15, 0.2) is 5.38 Å². The van der Waals surface area contributed by atoms with E-state index in [1.54, 1.807) is 5.38 Å². The number of amides is 1. The van der Waals surface area contributed by atoms with Crippen molar-refractivity contribution in [3.63, 3.8) is 0 Å². The first-order valence-corrected chi connectivity index (χ1v) is 6.42. The van der Waals surface area contributed by atoms with Crippen molar-refractivity contribution in [3.8, 4) is 0 Å². The van der Waals surface area contributed by atoms with Crippen LogP contribution in [0, 0.1) is 0 Å². The maximum absolute atomic E-state index is 11.8. The van der Waals surface area contributed by atoms with Gasteiger partial charge < -0.3 is 19.9 Å². The van der Waals surface area contributed by atoms with Crippen LogP contribution >= 0.6 is 11.3 Å². The first-order chi connectivity index (χ1) is 9.08. The summed E-state index contributed by atoms with van der Waals surface area (Å²) >= 11 is 1.29. The summed E-state index contributed by atoms with van der Waals surface area (Å²) in [6.07, 6.45) is 0.201. The molecule has 0 spiro atoms. The van der Waals surface area contributed by atoms with Gasteiger partial charge in [0.2, 0.25) is 0 Å². The van der Waals surface area contributed by atoms with Crippen LogP contribution in [0.2, 0.25) is 0 Å². The van der Waals surface area contributed by atoms with Crippen LogP contribution in [-0.4, -0.2) is 48.8 Å². The third-order valence-corrected chi connectivity index (χ3v) is 3.09. The minimum absolute atomic E-state index is 0.195. The van der Waals surface area contributed by atoms with Gasteiger partial charge in [0.25, 0.3) is 5.91 Å². The maximum Gasteiger partial charge on any atom is 0.326 e. The predicted molar refractivity (Wildman–Crippen MR) is 68.2 cm³/mol. The molecule has 0 aliphatic rings. The minimum atomic E-state index is -1.10. The van der Waals surface area contributed by atoms with Crippen molar-refractivity contribution in [2.45, 2.75) is 19.1 Å². The number of rotatable bonds is 8. The molecule has 0 bridgehead atoms. The fraction of sp³-hybridized carbons (Fsp3) is 0.545. The third kappa shape index (κ3) is 4.93. The van der Waals surface area contributed by atoms with Gasteiger partial charge in [-0.2, -0.15) is 0 Å². The standard InChI is InChI=1S/C11H16N2O5S/c1-17-4-3-7(11(15)16)13-10(14)8-6-19-9(12-8)5-18-2/h6-7H,3-5H2,1-2H3,(H,13,14)(H,15,16). The quantitative estimate of drug-likeness (QED) is 0.723. The van der Waals surface area contributed by atoms with E-state index >= 15 is 0 Å². The Labute approximate surface area is 114 Å². The van der Waals surface area contributed by atoms with E-state index in [1.807, 2.05) is 0 Å². The fourth-order valence-corrected chi connectivity index (χ4v) is 2.07. The number of hydrogen-bond acceptors (Lipinski definition) is 6. The Kier molecular flexibility index (Phi) is 6.40. The Morgan fingerprint density at radius 1 is 1.47 bits per heavy atom. The molecule has 1 aromatic rings. The number of aromatic nitrogens is 1. The summed E-state index contributed by atoms with van der Waals surface area (Å²) in [6, 6.07) is -0.986. The maximum atomic E-state index is 11.8. The number of carboxylic acid groups (broad SMARTS) is 1.